The second-order valence-corrected chi connectivity index (χ2v) is 10.4. The van der Waals surface area contributed by atoms with E-state index in [0.29, 0.717) is 31.5 Å². The summed E-state index contributed by atoms with van der Waals surface area (Å²) in [6.07, 6.45) is 6.98. The first kappa shape index (κ1) is 27.8. The van der Waals surface area contributed by atoms with Gasteiger partial charge in [0.15, 0.2) is 0 Å². The summed E-state index contributed by atoms with van der Waals surface area (Å²) in [6, 6.07) is 20.0. The Hall–Kier alpha value is -4.34. The molecule has 0 aliphatic carbocycles. The van der Waals surface area contributed by atoms with E-state index in [9.17, 15) is 20.4 Å². The monoisotopic (exact) mass is 562 g/mol. The fourth-order valence-electron chi connectivity index (χ4n) is 6.00. The summed E-state index contributed by atoms with van der Waals surface area (Å²) in [4.78, 5) is 13.3. The third kappa shape index (κ3) is 5.33. The molecule has 0 saturated carbocycles. The highest BCUT2D eigenvalue weighted by molar-refractivity contribution is 5.95. The maximum atomic E-state index is 10.3. The van der Waals surface area contributed by atoms with Gasteiger partial charge in [0.1, 0.15) is 0 Å². The minimum atomic E-state index is -0.119. The SMILES string of the molecule is OCCC1=Cc2cc3ccc(cc4nc(cc5c(-c6ccccc6)c(CCO)c(c(CCO)c1n2)n5CCO)C=C4)[nH]3. The molecule has 42 heavy (non-hydrogen) atoms. The molecule has 0 spiro atoms. The van der Waals surface area contributed by atoms with Gasteiger partial charge in [-0.15, -0.1) is 0 Å². The fraction of sp³-hybridized carbons (Fsp3) is 0.235. The van der Waals surface area contributed by atoms with Gasteiger partial charge in [0.2, 0.25) is 0 Å². The zero-order valence-electron chi connectivity index (χ0n) is 23.3. The van der Waals surface area contributed by atoms with E-state index in [1.165, 1.54) is 0 Å². The first-order valence-electron chi connectivity index (χ1n) is 14.3. The summed E-state index contributed by atoms with van der Waals surface area (Å²) in [5, 5.41) is 40.9. The van der Waals surface area contributed by atoms with Crippen LogP contribution in [0.4, 0.5) is 0 Å². The highest BCUT2D eigenvalue weighted by atomic mass is 16.3. The lowest BCUT2D eigenvalue weighted by Crippen LogP contribution is -2.07. The molecule has 5 N–H and O–H groups in total. The number of hydrogen-bond acceptors (Lipinski definition) is 6. The van der Waals surface area contributed by atoms with Gasteiger partial charge in [-0.1, -0.05) is 30.3 Å². The van der Waals surface area contributed by atoms with Crippen molar-refractivity contribution >= 4 is 45.9 Å². The van der Waals surface area contributed by atoms with Crippen molar-refractivity contribution in [3.8, 4) is 11.1 Å². The van der Waals surface area contributed by atoms with Gasteiger partial charge >= 0.3 is 0 Å². The molecule has 5 heterocycles. The average Bonchev–Trinajstić information content (AvgIpc) is 3.77. The van der Waals surface area contributed by atoms with Crippen LogP contribution in [0.2, 0.25) is 0 Å². The number of nitrogens with one attached hydrogen (secondary N) is 1. The quantitative estimate of drug-likeness (QED) is 0.179. The second-order valence-electron chi connectivity index (χ2n) is 10.4. The molecule has 0 amide bonds. The number of hydrogen-bond donors (Lipinski definition) is 5. The van der Waals surface area contributed by atoms with E-state index in [2.05, 4.69) is 9.55 Å². The highest BCUT2D eigenvalue weighted by Gasteiger charge is 2.24. The van der Waals surface area contributed by atoms with Crippen LogP contribution in [0.1, 0.15) is 40.3 Å². The molecule has 0 fully saturated rings. The summed E-state index contributed by atoms with van der Waals surface area (Å²) < 4.78 is 2.07. The smallest absolute Gasteiger partial charge is 0.0724 e. The van der Waals surface area contributed by atoms with Crippen LogP contribution in [0.15, 0.2) is 60.7 Å². The van der Waals surface area contributed by atoms with Gasteiger partial charge < -0.3 is 30.0 Å². The molecule has 0 atom stereocenters. The molecule has 3 aromatic heterocycles. The van der Waals surface area contributed by atoms with Crippen LogP contribution in [0.25, 0.3) is 57.0 Å². The van der Waals surface area contributed by atoms with Crippen molar-refractivity contribution in [3.63, 3.8) is 0 Å². The Morgan fingerprint density at radius 2 is 1.33 bits per heavy atom. The molecule has 0 radical (unpaired) electrons. The van der Waals surface area contributed by atoms with Crippen molar-refractivity contribution in [1.29, 1.82) is 0 Å². The topological polar surface area (TPSA) is 127 Å². The molecule has 0 saturated heterocycles. The van der Waals surface area contributed by atoms with Gasteiger partial charge in [0, 0.05) is 48.5 Å². The summed E-state index contributed by atoms with van der Waals surface area (Å²) in [5.74, 6) is 0. The number of aromatic nitrogens is 4. The van der Waals surface area contributed by atoms with Gasteiger partial charge in [0.05, 0.1) is 40.4 Å². The zero-order valence-corrected chi connectivity index (χ0v) is 23.3. The Bertz CT molecular complexity index is 1830. The van der Waals surface area contributed by atoms with Crippen LogP contribution in [-0.4, -0.2) is 66.4 Å². The van der Waals surface area contributed by atoms with Crippen LogP contribution in [0, 0.1) is 0 Å². The number of aliphatic hydroxyl groups is 4. The predicted octanol–water partition coefficient (Wildman–Crippen LogP) is 4.61. The number of H-pyrrole nitrogens is 1. The lowest BCUT2D eigenvalue weighted by molar-refractivity contribution is 0.279. The van der Waals surface area contributed by atoms with E-state index in [1.54, 1.807) is 0 Å². The molecule has 8 bridgehead atoms. The van der Waals surface area contributed by atoms with E-state index in [4.69, 9.17) is 9.97 Å². The second kappa shape index (κ2) is 12.3. The number of rotatable bonds is 9. The summed E-state index contributed by atoms with van der Waals surface area (Å²) in [5.41, 5.74) is 11.0. The van der Waals surface area contributed by atoms with Crippen molar-refractivity contribution in [2.75, 3.05) is 26.4 Å². The van der Waals surface area contributed by atoms with Gasteiger partial charge in [-0.05, 0) is 84.5 Å². The molecule has 4 aromatic rings. The Morgan fingerprint density at radius 1 is 0.667 bits per heavy atom. The first-order valence-corrected chi connectivity index (χ1v) is 14.3. The van der Waals surface area contributed by atoms with E-state index >= 15 is 0 Å². The third-order valence-electron chi connectivity index (χ3n) is 7.64. The van der Waals surface area contributed by atoms with Crippen LogP contribution in [0.3, 0.4) is 0 Å². The third-order valence-corrected chi connectivity index (χ3v) is 7.64. The predicted molar refractivity (Wildman–Crippen MR) is 167 cm³/mol. The minimum absolute atomic E-state index is 0.0492. The summed E-state index contributed by atoms with van der Waals surface area (Å²) >= 11 is 0. The van der Waals surface area contributed by atoms with Crippen molar-refractivity contribution < 1.29 is 20.4 Å². The Kier molecular flexibility index (Phi) is 8.12. The van der Waals surface area contributed by atoms with Crippen molar-refractivity contribution in [2.45, 2.75) is 25.8 Å². The number of aromatic amines is 1. The maximum absolute atomic E-state index is 10.3. The molecule has 8 heteroatoms. The number of aliphatic hydroxyl groups excluding tert-OH is 4. The average molecular weight is 563 g/mol. The molecular weight excluding hydrogens is 528 g/mol. The Labute approximate surface area is 243 Å². The van der Waals surface area contributed by atoms with Crippen molar-refractivity contribution in [1.82, 2.24) is 19.5 Å². The van der Waals surface area contributed by atoms with E-state index < -0.39 is 0 Å². The molecular formula is C34H34N4O4. The standard InChI is InChI=1S/C34H34N4O4/c39-14-10-23-18-28-20-26-7-6-24(35-26)19-25-8-9-27(36-25)21-31-32(22-4-2-1-3-5-22)29(11-15-40)34(38(31)13-17-42)30(12-16-41)33(23)37-28/h1-9,18-21,35,39-42H,10-17H2. The van der Waals surface area contributed by atoms with Crippen LogP contribution < -0.4 is 0 Å². The molecule has 1 aromatic carbocycles. The molecule has 0 unspecified atom stereocenters. The number of nitrogens with zero attached hydrogens (tertiary/aromatic N) is 3. The fourth-order valence-corrected chi connectivity index (χ4v) is 6.00. The minimum Gasteiger partial charge on any atom is -0.396 e. The lowest BCUT2D eigenvalue weighted by Gasteiger charge is -2.12. The van der Waals surface area contributed by atoms with Crippen LogP contribution in [-0.2, 0) is 19.4 Å². The Balaban J connectivity index is 1.87. The normalized spacial score (nSPS) is 12.6. The van der Waals surface area contributed by atoms with Crippen LogP contribution in [0.5, 0.6) is 0 Å². The summed E-state index contributed by atoms with van der Waals surface area (Å²) in [6.45, 7) is -0.0697. The highest BCUT2D eigenvalue weighted by Crippen LogP contribution is 2.39. The van der Waals surface area contributed by atoms with Gasteiger partial charge in [0.25, 0.3) is 0 Å². The molecule has 8 nitrogen and oxygen atoms in total. The molecule has 2 aliphatic heterocycles. The zero-order chi connectivity index (χ0) is 29.1. The first-order chi connectivity index (χ1) is 20.6. The Morgan fingerprint density at radius 3 is 2.02 bits per heavy atom. The maximum Gasteiger partial charge on any atom is 0.0724 e. The van der Waals surface area contributed by atoms with Gasteiger partial charge in [-0.25, -0.2) is 9.97 Å². The van der Waals surface area contributed by atoms with E-state index in [0.717, 1.165) is 67.0 Å². The molecule has 214 valence electrons. The molecule has 6 rings (SSSR count). The number of benzene rings is 1. The lowest BCUT2D eigenvalue weighted by atomic mass is 9.96. The van der Waals surface area contributed by atoms with Crippen LogP contribution >= 0.6 is 0 Å². The largest absolute Gasteiger partial charge is 0.396 e. The molecule has 2 aliphatic rings. The van der Waals surface area contributed by atoms with Gasteiger partial charge in [-0.2, -0.15) is 0 Å². The van der Waals surface area contributed by atoms with Crippen molar-refractivity contribution in [2.24, 2.45) is 0 Å². The van der Waals surface area contributed by atoms with E-state index in [-0.39, 0.29) is 26.4 Å². The number of fused-ring (bicyclic) bond motifs is 8. The van der Waals surface area contributed by atoms with Gasteiger partial charge in [-0.3, -0.25) is 0 Å². The summed E-state index contributed by atoms with van der Waals surface area (Å²) in [7, 11) is 0. The van der Waals surface area contributed by atoms with E-state index in [1.807, 2.05) is 78.9 Å². The van der Waals surface area contributed by atoms with Crippen molar-refractivity contribution in [3.05, 3.63) is 94.6 Å².